The van der Waals surface area contributed by atoms with E-state index in [0.29, 0.717) is 11.1 Å². The van der Waals surface area contributed by atoms with E-state index in [1.54, 1.807) is 45.1 Å². The molecule has 0 aliphatic rings. The van der Waals surface area contributed by atoms with Crippen molar-refractivity contribution in [3.8, 4) is 5.88 Å². The molecule has 0 saturated heterocycles. The maximum absolute atomic E-state index is 12.9. The Morgan fingerprint density at radius 1 is 1.07 bits per heavy atom. The molecule has 42 heavy (non-hydrogen) atoms. The number of rotatable bonds is 15. The number of para-hydroxylation sites is 1. The molecule has 0 aliphatic heterocycles. The molecule has 10 nitrogen and oxygen atoms in total. The van der Waals surface area contributed by atoms with Crippen LogP contribution in [0.1, 0.15) is 57.3 Å². The third-order valence-corrected chi connectivity index (χ3v) is 5.86. The zero-order chi connectivity index (χ0) is 31.1. The van der Waals surface area contributed by atoms with Crippen molar-refractivity contribution < 1.29 is 33.4 Å². The Morgan fingerprint density at radius 3 is 2.48 bits per heavy atom. The number of carbonyl (C=O) groups excluding carboxylic acids is 4. The molecule has 226 valence electrons. The summed E-state index contributed by atoms with van der Waals surface area (Å²) in [5.74, 6) is -0.240. The lowest BCUT2D eigenvalue weighted by Crippen LogP contribution is -2.42. The highest BCUT2D eigenvalue weighted by Gasteiger charge is 2.23. The average Bonchev–Trinajstić information content (AvgIpc) is 2.94. The Hall–Kier alpha value is -4.47. The second-order valence-electron chi connectivity index (χ2n) is 10.4. The molecule has 0 spiro atoms. The van der Waals surface area contributed by atoms with Crippen molar-refractivity contribution in [1.29, 1.82) is 0 Å². The molecule has 2 amide bonds. The summed E-state index contributed by atoms with van der Waals surface area (Å²) >= 11 is 0. The predicted octanol–water partition coefficient (Wildman–Crippen LogP) is 5.82. The summed E-state index contributed by atoms with van der Waals surface area (Å²) in [4.78, 5) is 56.3. The summed E-state index contributed by atoms with van der Waals surface area (Å²) in [5.41, 5.74) is 1.04. The van der Waals surface area contributed by atoms with E-state index in [2.05, 4.69) is 16.9 Å². The van der Waals surface area contributed by atoms with Crippen LogP contribution < -0.4 is 10.1 Å². The number of allylic oxidation sites excluding steroid dienone is 3. The first-order valence-corrected chi connectivity index (χ1v) is 13.8. The zero-order valence-corrected chi connectivity index (χ0v) is 25.1. The first kappa shape index (κ1) is 33.7. The number of nitrogens with zero attached hydrogens (tertiary/aromatic N) is 2. The van der Waals surface area contributed by atoms with Crippen LogP contribution in [-0.4, -0.2) is 72.6 Å². The minimum atomic E-state index is -0.744. The Bertz CT molecular complexity index is 1330. The fraction of sp³-hybridized carbons (Fsp3) is 0.406. The first-order valence-electron chi connectivity index (χ1n) is 13.8. The molecular weight excluding hydrogens is 538 g/mol. The van der Waals surface area contributed by atoms with Crippen LogP contribution >= 0.6 is 0 Å². The molecular formula is C32H41N3O7. The molecule has 2 aromatic rings. The van der Waals surface area contributed by atoms with Crippen molar-refractivity contribution in [2.45, 2.75) is 52.6 Å². The number of alkyl carbamates (subject to hydrolysis) is 1. The Balaban J connectivity index is 1.93. The summed E-state index contributed by atoms with van der Waals surface area (Å²) in [7, 11) is 1.44. The number of fused-ring (bicyclic) bond motifs is 1. The average molecular weight is 580 g/mol. The maximum atomic E-state index is 12.9. The SMILES string of the molecule is C=C/C=C(\C=C/C)COC(=O)NCCN(CCC(=O)CCC(=O)c1cc2ccccc2nc1OC)C(=O)OC(C)(C)C. The predicted molar refractivity (Wildman–Crippen MR) is 162 cm³/mol. The van der Waals surface area contributed by atoms with Crippen molar-refractivity contribution in [1.82, 2.24) is 15.2 Å². The van der Waals surface area contributed by atoms with Gasteiger partial charge in [0.25, 0.3) is 0 Å². The number of methoxy groups -OCH3 is 1. The van der Waals surface area contributed by atoms with Gasteiger partial charge in [0.1, 0.15) is 18.0 Å². The van der Waals surface area contributed by atoms with Gasteiger partial charge in [0.05, 0.1) is 18.2 Å². The fourth-order valence-corrected chi connectivity index (χ4v) is 3.86. The van der Waals surface area contributed by atoms with E-state index in [-0.39, 0.29) is 63.0 Å². The molecule has 0 unspecified atom stereocenters. The number of benzene rings is 1. The molecule has 1 aromatic heterocycles. The minimum Gasteiger partial charge on any atom is -0.480 e. The van der Waals surface area contributed by atoms with E-state index in [0.717, 1.165) is 11.0 Å². The number of aromatic nitrogens is 1. The number of pyridine rings is 1. The zero-order valence-electron chi connectivity index (χ0n) is 25.1. The Labute approximate surface area is 247 Å². The van der Waals surface area contributed by atoms with Gasteiger partial charge in [-0.1, -0.05) is 49.1 Å². The Morgan fingerprint density at radius 2 is 1.81 bits per heavy atom. The molecule has 1 aromatic carbocycles. The van der Waals surface area contributed by atoms with Gasteiger partial charge in [-0.05, 0) is 45.4 Å². The van der Waals surface area contributed by atoms with E-state index in [9.17, 15) is 19.2 Å². The van der Waals surface area contributed by atoms with E-state index < -0.39 is 17.8 Å². The molecule has 0 bridgehead atoms. The summed E-state index contributed by atoms with van der Waals surface area (Å²) in [6, 6.07) is 9.10. The highest BCUT2D eigenvalue weighted by Crippen LogP contribution is 2.24. The smallest absolute Gasteiger partial charge is 0.410 e. The van der Waals surface area contributed by atoms with Gasteiger partial charge in [-0.25, -0.2) is 14.6 Å². The van der Waals surface area contributed by atoms with Gasteiger partial charge in [-0.2, -0.15) is 0 Å². The molecule has 1 N–H and O–H groups in total. The number of carbonyl (C=O) groups is 4. The molecule has 0 fully saturated rings. The van der Waals surface area contributed by atoms with Gasteiger partial charge in [-0.15, -0.1) is 0 Å². The van der Waals surface area contributed by atoms with E-state index in [1.807, 2.05) is 37.3 Å². The summed E-state index contributed by atoms with van der Waals surface area (Å²) in [6.45, 7) is 11.0. The molecule has 0 radical (unpaired) electrons. The van der Waals surface area contributed by atoms with Gasteiger partial charge < -0.3 is 24.4 Å². The molecule has 10 heteroatoms. The van der Waals surface area contributed by atoms with Crippen molar-refractivity contribution >= 4 is 34.7 Å². The van der Waals surface area contributed by atoms with Gasteiger partial charge in [0.15, 0.2) is 5.78 Å². The summed E-state index contributed by atoms with van der Waals surface area (Å²) < 4.78 is 16.0. The van der Waals surface area contributed by atoms with E-state index in [1.165, 1.54) is 12.0 Å². The van der Waals surface area contributed by atoms with Crippen LogP contribution in [0.25, 0.3) is 10.9 Å². The minimum absolute atomic E-state index is 0.00564. The highest BCUT2D eigenvalue weighted by atomic mass is 16.6. The quantitative estimate of drug-likeness (QED) is 0.207. The molecule has 2 rings (SSSR count). The van der Waals surface area contributed by atoms with Crippen LogP contribution in [0.3, 0.4) is 0 Å². The van der Waals surface area contributed by atoms with Gasteiger partial charge in [-0.3, -0.25) is 9.59 Å². The number of hydrogen-bond acceptors (Lipinski definition) is 8. The Kier molecular flexibility index (Phi) is 13.4. The fourth-order valence-electron chi connectivity index (χ4n) is 3.86. The number of ketones is 2. The van der Waals surface area contributed by atoms with Crippen LogP contribution in [0.2, 0.25) is 0 Å². The van der Waals surface area contributed by atoms with Crippen molar-refractivity contribution in [3.05, 3.63) is 72.4 Å². The summed E-state index contributed by atoms with van der Waals surface area (Å²) in [5, 5.41) is 3.40. The number of nitrogens with one attached hydrogen (secondary N) is 1. The number of Topliss-reactive ketones (excluding diaryl/α,β-unsaturated/α-hetero) is 2. The van der Waals surface area contributed by atoms with Gasteiger partial charge >= 0.3 is 12.2 Å². The summed E-state index contributed by atoms with van der Waals surface area (Å²) in [6.07, 6.45) is 5.69. The molecule has 0 atom stereocenters. The van der Waals surface area contributed by atoms with E-state index in [4.69, 9.17) is 14.2 Å². The lowest BCUT2D eigenvalue weighted by Gasteiger charge is -2.27. The lowest BCUT2D eigenvalue weighted by atomic mass is 10.0. The molecule has 1 heterocycles. The maximum Gasteiger partial charge on any atom is 0.410 e. The molecule has 0 saturated carbocycles. The molecule has 0 aliphatic carbocycles. The van der Waals surface area contributed by atoms with Crippen molar-refractivity contribution in [2.75, 3.05) is 33.4 Å². The second kappa shape index (κ2) is 16.7. The van der Waals surface area contributed by atoms with Crippen molar-refractivity contribution in [3.63, 3.8) is 0 Å². The van der Waals surface area contributed by atoms with Crippen LogP contribution in [0, 0.1) is 0 Å². The van der Waals surface area contributed by atoms with Crippen LogP contribution in [-0.2, 0) is 14.3 Å². The number of ether oxygens (including phenoxy) is 3. The monoisotopic (exact) mass is 579 g/mol. The third-order valence-electron chi connectivity index (χ3n) is 5.86. The highest BCUT2D eigenvalue weighted by molar-refractivity contribution is 6.02. The van der Waals surface area contributed by atoms with Gasteiger partial charge in [0.2, 0.25) is 5.88 Å². The van der Waals surface area contributed by atoms with E-state index >= 15 is 0 Å². The van der Waals surface area contributed by atoms with Crippen LogP contribution in [0.15, 0.2) is 66.8 Å². The van der Waals surface area contributed by atoms with Crippen LogP contribution in [0.5, 0.6) is 5.88 Å². The number of amides is 2. The van der Waals surface area contributed by atoms with Gasteiger partial charge in [0, 0.05) is 44.3 Å². The second-order valence-corrected chi connectivity index (χ2v) is 10.4. The standard InChI is InChI=1S/C32H41N3O7/c1-7-11-23(12-8-2)22-41-30(38)33-18-20-35(31(39)42-32(3,4)5)19-17-25(36)15-16-28(37)26-21-24-13-9-10-14-27(24)34-29(26)40-6/h7-14,21H,1,15-20,22H2,2-6H3,(H,33,38)/b12-8-,23-11+. The van der Waals surface area contributed by atoms with Crippen molar-refractivity contribution in [2.24, 2.45) is 0 Å². The number of hydrogen-bond donors (Lipinski definition) is 1. The first-order chi connectivity index (χ1) is 20.0. The van der Waals surface area contributed by atoms with Crippen LogP contribution in [0.4, 0.5) is 9.59 Å². The largest absolute Gasteiger partial charge is 0.480 e. The normalized spacial score (nSPS) is 11.7. The topological polar surface area (TPSA) is 124 Å². The third kappa shape index (κ3) is 11.6. The lowest BCUT2D eigenvalue weighted by molar-refractivity contribution is -0.119.